The summed E-state index contributed by atoms with van der Waals surface area (Å²) in [6, 6.07) is 10.4. The van der Waals surface area contributed by atoms with Gasteiger partial charge in [0.05, 0.1) is 15.1 Å². The predicted octanol–water partition coefficient (Wildman–Crippen LogP) is 2.92. The van der Waals surface area contributed by atoms with Gasteiger partial charge in [-0.1, -0.05) is 24.3 Å². The summed E-state index contributed by atoms with van der Waals surface area (Å²) < 4.78 is 41.0. The van der Waals surface area contributed by atoms with Crippen LogP contribution in [0.2, 0.25) is 0 Å². The van der Waals surface area contributed by atoms with Crippen LogP contribution < -0.4 is 19.7 Å². The molecule has 3 heterocycles. The number of sulfonamides is 1. The van der Waals surface area contributed by atoms with Crippen LogP contribution in [0.4, 0.5) is 0 Å². The number of thiazole rings is 1. The second kappa shape index (κ2) is 9.63. The molecule has 0 bridgehead atoms. The van der Waals surface area contributed by atoms with Crippen LogP contribution in [0.3, 0.4) is 0 Å². The van der Waals surface area contributed by atoms with Gasteiger partial charge in [-0.3, -0.25) is 14.2 Å². The van der Waals surface area contributed by atoms with Crippen LogP contribution in [-0.2, 0) is 27.9 Å². The SMILES string of the molecule is CCCn1c(=O)sc2cc(S(=O)(=O)N3CCC(C(=O)NCc4ccc5c(c4)OCO5)CC3)ccc21. The molecule has 0 unspecified atom stereocenters. The molecule has 2 aliphatic heterocycles. The van der Waals surface area contributed by atoms with Crippen molar-refractivity contribution in [3.63, 3.8) is 0 Å². The monoisotopic (exact) mass is 517 g/mol. The minimum absolute atomic E-state index is 0.0797. The zero-order chi connectivity index (χ0) is 24.6. The van der Waals surface area contributed by atoms with Gasteiger partial charge in [-0.05, 0) is 55.2 Å². The number of carbonyl (C=O) groups is 1. The molecule has 9 nitrogen and oxygen atoms in total. The Hall–Kier alpha value is -2.89. The van der Waals surface area contributed by atoms with Gasteiger partial charge >= 0.3 is 4.87 Å². The van der Waals surface area contributed by atoms with E-state index in [2.05, 4.69) is 5.32 Å². The number of carbonyl (C=O) groups excluding carboxylic acids is 1. The molecule has 0 atom stereocenters. The number of rotatable bonds is 7. The highest BCUT2D eigenvalue weighted by Gasteiger charge is 2.32. The zero-order valence-electron chi connectivity index (χ0n) is 19.4. The molecule has 5 rings (SSSR count). The molecular weight excluding hydrogens is 490 g/mol. The van der Waals surface area contributed by atoms with E-state index in [0.717, 1.165) is 28.8 Å². The Morgan fingerprint density at radius 3 is 2.66 bits per heavy atom. The minimum Gasteiger partial charge on any atom is -0.454 e. The van der Waals surface area contributed by atoms with E-state index in [1.54, 1.807) is 22.8 Å². The van der Waals surface area contributed by atoms with E-state index in [9.17, 15) is 18.0 Å². The number of hydrogen-bond acceptors (Lipinski definition) is 7. The summed E-state index contributed by atoms with van der Waals surface area (Å²) >= 11 is 1.07. The second-order valence-corrected chi connectivity index (χ2v) is 11.7. The number of amides is 1. The summed E-state index contributed by atoms with van der Waals surface area (Å²) in [4.78, 5) is 25.1. The predicted molar refractivity (Wildman–Crippen MR) is 132 cm³/mol. The number of fused-ring (bicyclic) bond motifs is 2. The topological polar surface area (TPSA) is 107 Å². The van der Waals surface area contributed by atoms with Crippen LogP contribution in [0.25, 0.3) is 10.2 Å². The van der Waals surface area contributed by atoms with E-state index in [0.29, 0.717) is 42.1 Å². The number of piperidine rings is 1. The smallest absolute Gasteiger partial charge is 0.308 e. The van der Waals surface area contributed by atoms with Crippen molar-refractivity contribution < 1.29 is 22.7 Å². The van der Waals surface area contributed by atoms with E-state index >= 15 is 0 Å². The van der Waals surface area contributed by atoms with E-state index in [4.69, 9.17) is 9.47 Å². The van der Waals surface area contributed by atoms with Crippen LogP contribution >= 0.6 is 11.3 Å². The van der Waals surface area contributed by atoms with Crippen molar-refractivity contribution in [2.75, 3.05) is 19.9 Å². The van der Waals surface area contributed by atoms with Gasteiger partial charge in [-0.25, -0.2) is 8.42 Å². The summed E-state index contributed by atoms with van der Waals surface area (Å²) in [7, 11) is -3.71. The standard InChI is InChI=1S/C24H27N3O6S2/c1-2-9-27-19-5-4-18(13-22(19)34-24(27)29)35(30,31)26-10-7-17(8-11-26)23(28)25-14-16-3-6-20-21(12-16)33-15-32-20/h3-6,12-13,17H,2,7-11,14-15H2,1H3,(H,25,28). The van der Waals surface area contributed by atoms with Crippen molar-refractivity contribution in [1.82, 2.24) is 14.2 Å². The Morgan fingerprint density at radius 1 is 1.11 bits per heavy atom. The number of nitrogens with zero attached hydrogens (tertiary/aromatic N) is 2. The molecule has 35 heavy (non-hydrogen) atoms. The normalized spacial score (nSPS) is 16.6. The molecule has 0 saturated carbocycles. The fourth-order valence-electron chi connectivity index (χ4n) is 4.53. The van der Waals surface area contributed by atoms with Crippen molar-refractivity contribution in [2.24, 2.45) is 5.92 Å². The fraction of sp³-hybridized carbons (Fsp3) is 0.417. The average molecular weight is 518 g/mol. The number of nitrogens with one attached hydrogen (secondary N) is 1. The minimum atomic E-state index is -3.71. The van der Waals surface area contributed by atoms with Crippen molar-refractivity contribution in [2.45, 2.75) is 44.2 Å². The molecule has 1 aromatic heterocycles. The number of hydrogen-bond donors (Lipinski definition) is 1. The van der Waals surface area contributed by atoms with Gasteiger partial charge in [-0.15, -0.1) is 0 Å². The summed E-state index contributed by atoms with van der Waals surface area (Å²) in [5, 5.41) is 2.95. The van der Waals surface area contributed by atoms with Crippen molar-refractivity contribution in [1.29, 1.82) is 0 Å². The highest BCUT2D eigenvalue weighted by atomic mass is 32.2. The molecular formula is C24H27N3O6S2. The Morgan fingerprint density at radius 2 is 1.89 bits per heavy atom. The Bertz CT molecular complexity index is 1420. The molecule has 1 N–H and O–H groups in total. The molecule has 2 aromatic carbocycles. The quantitative estimate of drug-likeness (QED) is 0.517. The van der Waals surface area contributed by atoms with Gasteiger partial charge < -0.3 is 14.8 Å². The van der Waals surface area contributed by atoms with Crippen LogP contribution in [0.5, 0.6) is 11.5 Å². The number of ether oxygens (including phenoxy) is 2. The van der Waals surface area contributed by atoms with Gasteiger partial charge in [-0.2, -0.15) is 4.31 Å². The van der Waals surface area contributed by atoms with Gasteiger partial charge in [0, 0.05) is 32.1 Å². The van der Waals surface area contributed by atoms with Gasteiger partial charge in [0.15, 0.2) is 11.5 Å². The van der Waals surface area contributed by atoms with Crippen LogP contribution in [0.1, 0.15) is 31.7 Å². The number of benzene rings is 2. The maximum Gasteiger partial charge on any atom is 0.308 e. The zero-order valence-corrected chi connectivity index (χ0v) is 21.0. The van der Waals surface area contributed by atoms with Crippen LogP contribution in [0.15, 0.2) is 46.1 Å². The first-order valence-electron chi connectivity index (χ1n) is 11.7. The number of aryl methyl sites for hydroxylation is 1. The van der Waals surface area contributed by atoms with Crippen LogP contribution in [0, 0.1) is 5.92 Å². The molecule has 11 heteroatoms. The molecule has 0 spiro atoms. The van der Waals surface area contributed by atoms with E-state index < -0.39 is 10.0 Å². The average Bonchev–Trinajstić information content (AvgIpc) is 3.46. The summed E-state index contributed by atoms with van der Waals surface area (Å²) in [5.74, 6) is 1.04. The van der Waals surface area contributed by atoms with Crippen molar-refractivity contribution in [3.8, 4) is 11.5 Å². The lowest BCUT2D eigenvalue weighted by molar-refractivity contribution is -0.126. The first-order chi connectivity index (χ1) is 16.9. The molecule has 2 aliphatic rings. The fourth-order valence-corrected chi connectivity index (χ4v) is 7.06. The van der Waals surface area contributed by atoms with Crippen LogP contribution in [-0.4, -0.2) is 43.1 Å². The largest absolute Gasteiger partial charge is 0.454 e. The third-order valence-electron chi connectivity index (χ3n) is 6.45. The third kappa shape index (κ3) is 4.67. The summed E-state index contributed by atoms with van der Waals surface area (Å²) in [5.41, 5.74) is 1.67. The number of aromatic nitrogens is 1. The Labute approximate surface area is 207 Å². The molecule has 1 fully saturated rings. The molecule has 1 saturated heterocycles. The van der Waals surface area contributed by atoms with Gasteiger partial charge in [0.2, 0.25) is 22.7 Å². The second-order valence-electron chi connectivity index (χ2n) is 8.73. The van der Waals surface area contributed by atoms with Crippen molar-refractivity contribution >= 4 is 37.5 Å². The Kier molecular flexibility index (Phi) is 6.56. The molecule has 1 amide bonds. The summed E-state index contributed by atoms with van der Waals surface area (Å²) in [6.07, 6.45) is 1.73. The molecule has 3 aromatic rings. The van der Waals surface area contributed by atoms with E-state index in [-0.39, 0.29) is 41.5 Å². The van der Waals surface area contributed by atoms with E-state index in [1.165, 1.54) is 4.31 Å². The van der Waals surface area contributed by atoms with Gasteiger partial charge in [0.25, 0.3) is 0 Å². The van der Waals surface area contributed by atoms with Gasteiger partial charge in [0.1, 0.15) is 0 Å². The summed E-state index contributed by atoms with van der Waals surface area (Å²) in [6.45, 7) is 3.72. The molecule has 186 valence electrons. The van der Waals surface area contributed by atoms with Crippen molar-refractivity contribution in [3.05, 3.63) is 51.6 Å². The maximum absolute atomic E-state index is 13.3. The first-order valence-corrected chi connectivity index (χ1v) is 13.9. The Balaban J connectivity index is 1.20. The lowest BCUT2D eigenvalue weighted by Gasteiger charge is -2.30. The lowest BCUT2D eigenvalue weighted by Crippen LogP contribution is -2.42. The third-order valence-corrected chi connectivity index (χ3v) is 9.29. The highest BCUT2D eigenvalue weighted by Crippen LogP contribution is 2.32. The molecule has 0 aliphatic carbocycles. The lowest BCUT2D eigenvalue weighted by atomic mass is 9.97. The van der Waals surface area contributed by atoms with E-state index in [1.807, 2.05) is 25.1 Å². The first kappa shape index (κ1) is 23.8. The molecule has 0 radical (unpaired) electrons. The maximum atomic E-state index is 13.3. The highest BCUT2D eigenvalue weighted by molar-refractivity contribution is 7.89.